The van der Waals surface area contributed by atoms with Gasteiger partial charge in [0.15, 0.2) is 5.43 Å². The van der Waals surface area contributed by atoms with Gasteiger partial charge in [0.1, 0.15) is 23.4 Å². The third-order valence-electron chi connectivity index (χ3n) is 4.11. The lowest BCUT2D eigenvalue weighted by molar-refractivity contribution is 0.0693. The standard InChI is InChI=1S/C17H16FNO5/c1-23-11-4-5-19(8-11)14-3-2-10(6-13(14)18)16-7-15(20)12(9-24-16)17(21)22/h2-3,6-7,9,11H,4-5,8H2,1H3,(H,21,22). The molecule has 2 aromatic rings. The van der Waals surface area contributed by atoms with E-state index in [9.17, 15) is 14.0 Å². The number of carboxylic acid groups (broad SMARTS) is 1. The lowest BCUT2D eigenvalue weighted by Gasteiger charge is -2.19. The highest BCUT2D eigenvalue weighted by Crippen LogP contribution is 2.28. The number of methoxy groups -OCH3 is 1. The van der Waals surface area contributed by atoms with E-state index in [2.05, 4.69) is 0 Å². The number of hydrogen-bond acceptors (Lipinski definition) is 5. The zero-order valence-electron chi connectivity index (χ0n) is 13.0. The Morgan fingerprint density at radius 1 is 1.42 bits per heavy atom. The fraction of sp³-hybridized carbons (Fsp3) is 0.294. The van der Waals surface area contributed by atoms with Crippen LogP contribution in [0.3, 0.4) is 0 Å². The lowest BCUT2D eigenvalue weighted by atomic mass is 10.1. The fourth-order valence-corrected chi connectivity index (χ4v) is 2.77. The molecule has 0 bridgehead atoms. The topological polar surface area (TPSA) is 80.0 Å². The predicted octanol–water partition coefficient (Wildman–Crippen LogP) is 2.37. The molecule has 6 nitrogen and oxygen atoms in total. The first-order valence-corrected chi connectivity index (χ1v) is 7.43. The maximum atomic E-state index is 14.4. The minimum absolute atomic E-state index is 0.0886. The Hall–Kier alpha value is -2.67. The van der Waals surface area contributed by atoms with E-state index in [-0.39, 0.29) is 11.9 Å². The summed E-state index contributed by atoms with van der Waals surface area (Å²) in [6, 6.07) is 5.58. The van der Waals surface area contributed by atoms with Crippen molar-refractivity contribution in [2.45, 2.75) is 12.5 Å². The highest BCUT2D eigenvalue weighted by atomic mass is 19.1. The van der Waals surface area contributed by atoms with E-state index < -0.39 is 22.8 Å². The molecule has 1 aliphatic rings. The van der Waals surface area contributed by atoms with Gasteiger partial charge in [0.05, 0.1) is 11.8 Å². The molecular formula is C17H16FNO5. The van der Waals surface area contributed by atoms with Crippen molar-refractivity contribution in [3.63, 3.8) is 0 Å². The van der Waals surface area contributed by atoms with Crippen LogP contribution in [0.25, 0.3) is 11.3 Å². The van der Waals surface area contributed by atoms with Gasteiger partial charge in [0.25, 0.3) is 0 Å². The molecule has 126 valence electrons. The Balaban J connectivity index is 1.89. The first kappa shape index (κ1) is 16.2. The van der Waals surface area contributed by atoms with Crippen LogP contribution in [0.5, 0.6) is 0 Å². The largest absolute Gasteiger partial charge is 0.477 e. The number of rotatable bonds is 4. The van der Waals surface area contributed by atoms with Crippen LogP contribution in [0, 0.1) is 5.82 Å². The smallest absolute Gasteiger partial charge is 0.342 e. The summed E-state index contributed by atoms with van der Waals surface area (Å²) in [5.41, 5.74) is -0.315. The van der Waals surface area contributed by atoms with Crippen LogP contribution in [0.15, 0.2) is 39.7 Å². The number of halogens is 1. The summed E-state index contributed by atoms with van der Waals surface area (Å²) in [5, 5.41) is 8.83. The summed E-state index contributed by atoms with van der Waals surface area (Å²) in [6.45, 7) is 1.33. The van der Waals surface area contributed by atoms with Gasteiger partial charge in [-0.05, 0) is 24.6 Å². The van der Waals surface area contributed by atoms with E-state index in [1.54, 1.807) is 19.2 Å². The molecular weight excluding hydrogens is 317 g/mol. The van der Waals surface area contributed by atoms with Crippen molar-refractivity contribution in [3.8, 4) is 11.3 Å². The molecule has 24 heavy (non-hydrogen) atoms. The van der Waals surface area contributed by atoms with Crippen LogP contribution in [-0.2, 0) is 4.74 Å². The molecule has 0 amide bonds. The van der Waals surface area contributed by atoms with Crippen LogP contribution < -0.4 is 10.3 Å². The lowest BCUT2D eigenvalue weighted by Crippen LogP contribution is -2.23. The monoisotopic (exact) mass is 333 g/mol. The number of carboxylic acids is 1. The summed E-state index contributed by atoms with van der Waals surface area (Å²) in [7, 11) is 1.64. The van der Waals surface area contributed by atoms with Crippen LogP contribution in [-0.4, -0.2) is 37.4 Å². The minimum Gasteiger partial charge on any atom is -0.477 e. The Kier molecular flexibility index (Phi) is 4.35. The van der Waals surface area contributed by atoms with Gasteiger partial charge in [0.2, 0.25) is 0 Å². The average molecular weight is 333 g/mol. The van der Waals surface area contributed by atoms with Crippen molar-refractivity contribution in [2.24, 2.45) is 0 Å². The molecule has 2 heterocycles. The summed E-state index contributed by atoms with van der Waals surface area (Å²) >= 11 is 0. The van der Waals surface area contributed by atoms with E-state index in [0.717, 1.165) is 18.8 Å². The Morgan fingerprint density at radius 2 is 2.21 bits per heavy atom. The zero-order valence-corrected chi connectivity index (χ0v) is 13.0. The van der Waals surface area contributed by atoms with E-state index in [1.807, 2.05) is 4.90 Å². The van der Waals surface area contributed by atoms with Crippen LogP contribution in [0.2, 0.25) is 0 Å². The normalized spacial score (nSPS) is 17.2. The Bertz CT molecular complexity index is 832. The van der Waals surface area contributed by atoms with Crippen molar-refractivity contribution >= 4 is 11.7 Å². The minimum atomic E-state index is -1.36. The third kappa shape index (κ3) is 3.03. The summed E-state index contributed by atoms with van der Waals surface area (Å²) < 4.78 is 24.9. The van der Waals surface area contributed by atoms with Gasteiger partial charge in [-0.2, -0.15) is 0 Å². The number of benzene rings is 1. The van der Waals surface area contributed by atoms with Gasteiger partial charge in [0, 0.05) is 31.8 Å². The van der Waals surface area contributed by atoms with Crippen LogP contribution in [0.4, 0.5) is 10.1 Å². The van der Waals surface area contributed by atoms with Gasteiger partial charge in [-0.25, -0.2) is 9.18 Å². The second kappa shape index (κ2) is 6.45. The Morgan fingerprint density at radius 3 is 2.79 bits per heavy atom. The van der Waals surface area contributed by atoms with Crippen LogP contribution >= 0.6 is 0 Å². The van der Waals surface area contributed by atoms with Crippen LogP contribution in [0.1, 0.15) is 16.8 Å². The quantitative estimate of drug-likeness (QED) is 0.925. The molecule has 1 atom stereocenters. The second-order valence-electron chi connectivity index (χ2n) is 5.59. The molecule has 1 fully saturated rings. The van der Waals surface area contributed by atoms with Gasteiger partial charge >= 0.3 is 5.97 Å². The predicted molar refractivity (Wildman–Crippen MR) is 85.0 cm³/mol. The molecule has 1 unspecified atom stereocenters. The van der Waals surface area contributed by atoms with E-state index in [4.69, 9.17) is 14.3 Å². The summed E-state index contributed by atoms with van der Waals surface area (Å²) in [5.74, 6) is -1.68. The molecule has 1 N–H and O–H groups in total. The molecule has 3 rings (SSSR count). The maximum Gasteiger partial charge on any atom is 0.342 e. The van der Waals surface area contributed by atoms with E-state index in [0.29, 0.717) is 24.3 Å². The third-order valence-corrected chi connectivity index (χ3v) is 4.11. The van der Waals surface area contributed by atoms with Crippen molar-refractivity contribution in [1.29, 1.82) is 0 Å². The highest BCUT2D eigenvalue weighted by Gasteiger charge is 2.24. The molecule has 7 heteroatoms. The molecule has 1 aromatic carbocycles. The fourth-order valence-electron chi connectivity index (χ4n) is 2.77. The Labute approximate surface area is 137 Å². The second-order valence-corrected chi connectivity index (χ2v) is 5.59. The highest BCUT2D eigenvalue weighted by molar-refractivity contribution is 5.87. The average Bonchev–Trinajstić information content (AvgIpc) is 3.03. The molecule has 0 aliphatic carbocycles. The van der Waals surface area contributed by atoms with Crippen molar-refractivity contribution in [3.05, 3.63) is 52.1 Å². The number of nitrogens with zero attached hydrogens (tertiary/aromatic N) is 1. The van der Waals surface area contributed by atoms with Gasteiger partial charge in [-0.1, -0.05) is 0 Å². The van der Waals surface area contributed by atoms with E-state index >= 15 is 0 Å². The molecule has 1 aliphatic heterocycles. The van der Waals surface area contributed by atoms with Crippen molar-refractivity contribution in [1.82, 2.24) is 0 Å². The maximum absolute atomic E-state index is 14.4. The summed E-state index contributed by atoms with van der Waals surface area (Å²) in [4.78, 5) is 24.5. The molecule has 1 saturated heterocycles. The SMILES string of the molecule is COC1CCN(c2ccc(-c3cc(=O)c(C(=O)O)co3)cc2F)C1. The molecule has 1 aromatic heterocycles. The number of ether oxygens (including phenoxy) is 1. The molecule has 0 spiro atoms. The van der Waals surface area contributed by atoms with Crippen molar-refractivity contribution < 1.29 is 23.4 Å². The van der Waals surface area contributed by atoms with Gasteiger partial charge in [-0.15, -0.1) is 0 Å². The zero-order chi connectivity index (χ0) is 17.3. The van der Waals surface area contributed by atoms with Gasteiger partial charge in [-0.3, -0.25) is 4.79 Å². The van der Waals surface area contributed by atoms with Crippen molar-refractivity contribution in [2.75, 3.05) is 25.1 Å². The number of hydrogen-bond donors (Lipinski definition) is 1. The first-order chi connectivity index (χ1) is 11.5. The van der Waals surface area contributed by atoms with Gasteiger partial charge < -0.3 is 19.2 Å². The molecule has 0 radical (unpaired) electrons. The number of anilines is 1. The van der Waals surface area contributed by atoms with E-state index in [1.165, 1.54) is 6.07 Å². The number of carbonyl (C=O) groups is 1. The molecule has 0 saturated carbocycles. The number of aromatic carboxylic acids is 1. The summed E-state index contributed by atoms with van der Waals surface area (Å²) in [6.07, 6.45) is 1.80. The first-order valence-electron chi connectivity index (χ1n) is 7.43.